The minimum atomic E-state index is -0.849. The van der Waals surface area contributed by atoms with Gasteiger partial charge in [0.15, 0.2) is 0 Å². The van der Waals surface area contributed by atoms with Gasteiger partial charge in [0.05, 0.1) is 0 Å². The highest BCUT2D eigenvalue weighted by Crippen LogP contribution is 2.26. The molecule has 1 aromatic carbocycles. The summed E-state index contributed by atoms with van der Waals surface area (Å²) in [6.45, 7) is 0. The molecule has 5 nitrogen and oxygen atoms in total. The van der Waals surface area contributed by atoms with Gasteiger partial charge in [0, 0.05) is 17.8 Å². The van der Waals surface area contributed by atoms with Crippen LogP contribution < -0.4 is 5.32 Å². The minimum absolute atomic E-state index is 0.156. The van der Waals surface area contributed by atoms with Crippen LogP contribution in [0.3, 0.4) is 0 Å². The fourth-order valence-corrected chi connectivity index (χ4v) is 1.99. The van der Waals surface area contributed by atoms with Gasteiger partial charge in [-0.2, -0.15) is 0 Å². The number of hydrogen-bond donors (Lipinski definition) is 1. The van der Waals surface area contributed by atoms with E-state index in [4.69, 9.17) is 0 Å². The van der Waals surface area contributed by atoms with Gasteiger partial charge in [-0.05, 0) is 17.7 Å². The quantitative estimate of drug-likeness (QED) is 0.625. The lowest BCUT2D eigenvalue weighted by Crippen LogP contribution is -2.45. The molecule has 0 spiro atoms. The molecular formula is C11H11FN2O3. The molecule has 1 aliphatic heterocycles. The lowest BCUT2D eigenvalue weighted by Gasteiger charge is -2.26. The average Bonchev–Trinajstić information content (AvgIpc) is 2.29. The van der Waals surface area contributed by atoms with Crippen LogP contribution in [0.1, 0.15) is 24.4 Å². The molecule has 0 radical (unpaired) electrons. The minimum Gasteiger partial charge on any atom is -0.343 e. The third-order valence-corrected chi connectivity index (χ3v) is 2.87. The van der Waals surface area contributed by atoms with Gasteiger partial charge < -0.3 is 5.32 Å². The van der Waals surface area contributed by atoms with Crippen molar-refractivity contribution >= 4 is 5.91 Å². The van der Waals surface area contributed by atoms with Gasteiger partial charge in [-0.3, -0.25) is 14.9 Å². The first-order valence-electron chi connectivity index (χ1n) is 5.26. The number of halogens is 1. The van der Waals surface area contributed by atoms with Crippen molar-refractivity contribution in [3.05, 3.63) is 45.8 Å². The Bertz CT molecular complexity index is 447. The topological polar surface area (TPSA) is 72.2 Å². The molecule has 6 heteroatoms. The summed E-state index contributed by atoms with van der Waals surface area (Å²) in [5.74, 6) is -0.619. The van der Waals surface area contributed by atoms with E-state index < -0.39 is 22.8 Å². The first kappa shape index (κ1) is 11.5. The molecule has 1 saturated heterocycles. The van der Waals surface area contributed by atoms with Crippen LogP contribution in [0, 0.1) is 15.9 Å². The molecule has 1 N–H and O–H groups in total. The molecule has 0 aromatic heterocycles. The van der Waals surface area contributed by atoms with E-state index in [-0.39, 0.29) is 18.7 Å². The molecule has 0 bridgehead atoms. The molecule has 1 amide bonds. The number of nitro groups is 1. The molecule has 2 rings (SSSR count). The van der Waals surface area contributed by atoms with Crippen molar-refractivity contribution in [2.45, 2.75) is 24.9 Å². The normalized spacial score (nSPS) is 24.2. The van der Waals surface area contributed by atoms with Gasteiger partial charge in [-0.15, -0.1) is 0 Å². The lowest BCUT2D eigenvalue weighted by atomic mass is 9.92. The van der Waals surface area contributed by atoms with Crippen LogP contribution in [0.2, 0.25) is 0 Å². The lowest BCUT2D eigenvalue weighted by molar-refractivity contribution is -0.529. The van der Waals surface area contributed by atoms with E-state index in [1.54, 1.807) is 0 Å². The fourth-order valence-electron chi connectivity index (χ4n) is 1.99. The SMILES string of the molecule is O=C1CCC([N+](=O)[O-])C(c2ccc(F)cc2)N1. The number of nitrogens with one attached hydrogen (secondary N) is 1. The molecule has 0 saturated carbocycles. The first-order valence-corrected chi connectivity index (χ1v) is 5.26. The Labute approximate surface area is 96.8 Å². The van der Waals surface area contributed by atoms with Crippen LogP contribution in [0.4, 0.5) is 4.39 Å². The first-order chi connectivity index (χ1) is 8.08. The molecule has 0 aliphatic carbocycles. The second-order valence-corrected chi connectivity index (χ2v) is 3.99. The summed E-state index contributed by atoms with van der Waals surface area (Å²) in [4.78, 5) is 21.8. The van der Waals surface area contributed by atoms with Crippen molar-refractivity contribution in [3.8, 4) is 0 Å². The summed E-state index contributed by atoms with van der Waals surface area (Å²) in [5.41, 5.74) is 0.557. The van der Waals surface area contributed by atoms with Gasteiger partial charge in [0.1, 0.15) is 11.9 Å². The summed E-state index contributed by atoms with van der Waals surface area (Å²) in [5, 5.41) is 13.5. The molecule has 17 heavy (non-hydrogen) atoms. The highest BCUT2D eigenvalue weighted by atomic mass is 19.1. The van der Waals surface area contributed by atoms with E-state index in [0.717, 1.165) is 0 Å². The second kappa shape index (κ2) is 4.48. The largest absolute Gasteiger partial charge is 0.343 e. The number of hydrogen-bond acceptors (Lipinski definition) is 3. The highest BCUT2D eigenvalue weighted by molar-refractivity contribution is 5.77. The van der Waals surface area contributed by atoms with E-state index in [0.29, 0.717) is 5.56 Å². The van der Waals surface area contributed by atoms with Crippen molar-refractivity contribution in [1.29, 1.82) is 0 Å². The van der Waals surface area contributed by atoms with Crippen molar-refractivity contribution in [1.82, 2.24) is 5.32 Å². The van der Waals surface area contributed by atoms with E-state index in [1.165, 1.54) is 24.3 Å². The van der Waals surface area contributed by atoms with Gasteiger partial charge in [-0.1, -0.05) is 12.1 Å². The predicted molar refractivity (Wildman–Crippen MR) is 57.3 cm³/mol. The molecule has 1 heterocycles. The second-order valence-electron chi connectivity index (χ2n) is 3.99. The fraction of sp³-hybridized carbons (Fsp3) is 0.364. The summed E-state index contributed by atoms with van der Waals surface area (Å²) in [7, 11) is 0. The van der Waals surface area contributed by atoms with Crippen LogP contribution in [-0.4, -0.2) is 16.9 Å². The third kappa shape index (κ3) is 2.41. The van der Waals surface area contributed by atoms with Crippen molar-refractivity contribution in [2.24, 2.45) is 0 Å². The number of amides is 1. The van der Waals surface area contributed by atoms with Crippen molar-refractivity contribution in [2.75, 3.05) is 0 Å². The van der Waals surface area contributed by atoms with Crippen LogP contribution >= 0.6 is 0 Å². The zero-order valence-electron chi connectivity index (χ0n) is 8.93. The van der Waals surface area contributed by atoms with Crippen LogP contribution in [-0.2, 0) is 4.79 Å². The number of nitrogens with zero attached hydrogens (tertiary/aromatic N) is 1. The molecule has 2 atom stereocenters. The Balaban J connectivity index is 2.28. The van der Waals surface area contributed by atoms with Crippen molar-refractivity contribution < 1.29 is 14.1 Å². The predicted octanol–water partition coefficient (Wildman–Crippen LogP) is 1.42. The number of piperidine rings is 1. The summed E-state index contributed by atoms with van der Waals surface area (Å²) in [6.07, 6.45) is 0.365. The molecule has 90 valence electrons. The Morgan fingerprint density at radius 1 is 1.35 bits per heavy atom. The standard InChI is InChI=1S/C11H11FN2O3/c12-8-3-1-7(2-4-8)11-9(14(16)17)5-6-10(15)13-11/h1-4,9,11H,5-6H2,(H,13,15). The van der Waals surface area contributed by atoms with Crippen LogP contribution in [0.5, 0.6) is 0 Å². The Morgan fingerprint density at radius 2 is 2.00 bits per heavy atom. The molecule has 1 aromatic rings. The summed E-state index contributed by atoms with van der Waals surface area (Å²) in [6, 6.07) is 3.86. The summed E-state index contributed by atoms with van der Waals surface area (Å²) < 4.78 is 12.8. The van der Waals surface area contributed by atoms with Crippen LogP contribution in [0.25, 0.3) is 0 Å². The van der Waals surface area contributed by atoms with Crippen molar-refractivity contribution in [3.63, 3.8) is 0 Å². The van der Waals surface area contributed by atoms with E-state index >= 15 is 0 Å². The van der Waals surface area contributed by atoms with E-state index in [2.05, 4.69) is 5.32 Å². The van der Waals surface area contributed by atoms with Gasteiger partial charge in [0.2, 0.25) is 11.9 Å². The van der Waals surface area contributed by atoms with E-state index in [9.17, 15) is 19.3 Å². The number of benzene rings is 1. The molecule has 1 fully saturated rings. The maximum atomic E-state index is 12.8. The molecule has 1 aliphatic rings. The third-order valence-electron chi connectivity index (χ3n) is 2.87. The van der Waals surface area contributed by atoms with Crippen LogP contribution in [0.15, 0.2) is 24.3 Å². The smallest absolute Gasteiger partial charge is 0.237 e. The van der Waals surface area contributed by atoms with Gasteiger partial charge in [-0.25, -0.2) is 4.39 Å². The maximum absolute atomic E-state index is 12.8. The monoisotopic (exact) mass is 238 g/mol. The molecular weight excluding hydrogens is 227 g/mol. The summed E-state index contributed by atoms with van der Waals surface area (Å²) >= 11 is 0. The number of carbonyl (C=O) groups excluding carboxylic acids is 1. The Morgan fingerprint density at radius 3 is 2.59 bits per heavy atom. The van der Waals surface area contributed by atoms with Gasteiger partial charge >= 0.3 is 0 Å². The highest BCUT2D eigenvalue weighted by Gasteiger charge is 2.37. The van der Waals surface area contributed by atoms with Gasteiger partial charge in [0.25, 0.3) is 0 Å². The Hall–Kier alpha value is -1.98. The Kier molecular flexibility index (Phi) is 3.03. The average molecular weight is 238 g/mol. The molecule has 2 unspecified atom stereocenters. The number of carbonyl (C=O) groups is 1. The zero-order chi connectivity index (χ0) is 12.4. The zero-order valence-corrected chi connectivity index (χ0v) is 8.93. The maximum Gasteiger partial charge on any atom is 0.237 e. The number of rotatable bonds is 2. The van der Waals surface area contributed by atoms with E-state index in [1.807, 2.05) is 0 Å².